The molecule has 2 heterocycles. The summed E-state index contributed by atoms with van der Waals surface area (Å²) in [7, 11) is 2.81. The summed E-state index contributed by atoms with van der Waals surface area (Å²) in [6.45, 7) is 2.08. The van der Waals surface area contributed by atoms with E-state index in [0.717, 1.165) is 21.8 Å². The minimum absolute atomic E-state index is 0.0414. The number of carbonyl (C=O) groups excluding carboxylic acids is 3. The van der Waals surface area contributed by atoms with Gasteiger partial charge in [-0.2, -0.15) is 5.26 Å². The number of esters is 1. The summed E-state index contributed by atoms with van der Waals surface area (Å²) in [6, 6.07) is 9.75. The molecule has 0 saturated heterocycles. The van der Waals surface area contributed by atoms with Crippen molar-refractivity contribution in [2.24, 2.45) is 0 Å². The highest BCUT2D eigenvalue weighted by atomic mass is 32.1. The molecule has 0 spiro atoms. The zero-order chi connectivity index (χ0) is 24.0. The number of rotatable bonds is 7. The monoisotopic (exact) mass is 471 g/mol. The zero-order valence-corrected chi connectivity index (χ0v) is 19.5. The summed E-state index contributed by atoms with van der Waals surface area (Å²) >= 11 is 1.28. The van der Waals surface area contributed by atoms with E-state index in [-0.39, 0.29) is 24.8 Å². The standard InChI is InChI=1S/C23H25N3O6S/c1-14(15-5-4-6-16(10-15)30-2)9-20(27)25-22-18(11-24)17-7-8-26(12-19(17)33-22)23(29)32-13-21(28)31-3/h4-6,10,14H,7-9,12-13H2,1-3H3,(H,25,27)/t14-/m0/s1. The SMILES string of the molecule is COC(=O)COC(=O)N1CCc2c(sc(NC(=O)C[C@H](C)c3cccc(OC)c3)c2C#N)C1. The number of carbonyl (C=O) groups is 3. The fraction of sp³-hybridized carbons (Fsp3) is 0.391. The van der Waals surface area contributed by atoms with Crippen molar-refractivity contribution in [3.8, 4) is 11.8 Å². The largest absolute Gasteiger partial charge is 0.497 e. The molecule has 0 saturated carbocycles. The molecular weight excluding hydrogens is 446 g/mol. The molecule has 0 aliphatic carbocycles. The summed E-state index contributed by atoms with van der Waals surface area (Å²) in [6.07, 6.45) is 0.0701. The maximum absolute atomic E-state index is 12.7. The van der Waals surface area contributed by atoms with Gasteiger partial charge in [-0.05, 0) is 35.6 Å². The van der Waals surface area contributed by atoms with E-state index in [4.69, 9.17) is 9.47 Å². The molecule has 1 N–H and O–H groups in total. The first kappa shape index (κ1) is 24.1. The Kier molecular flexibility index (Phi) is 7.90. The number of methoxy groups -OCH3 is 2. The third kappa shape index (κ3) is 5.81. The second-order valence-corrected chi connectivity index (χ2v) is 8.66. The molecule has 1 aromatic carbocycles. The summed E-state index contributed by atoms with van der Waals surface area (Å²) in [4.78, 5) is 38.4. The van der Waals surface area contributed by atoms with E-state index >= 15 is 0 Å². The van der Waals surface area contributed by atoms with Crippen LogP contribution in [-0.2, 0) is 32.0 Å². The third-order valence-corrected chi connectivity index (χ3v) is 6.51. The quantitative estimate of drug-likeness (QED) is 0.615. The van der Waals surface area contributed by atoms with Crippen LogP contribution >= 0.6 is 11.3 Å². The van der Waals surface area contributed by atoms with Crippen molar-refractivity contribution in [1.82, 2.24) is 4.90 Å². The number of amides is 2. The number of nitrogens with zero attached hydrogens (tertiary/aromatic N) is 2. The van der Waals surface area contributed by atoms with Gasteiger partial charge in [0, 0.05) is 17.8 Å². The molecule has 0 bridgehead atoms. The molecule has 0 unspecified atom stereocenters. The van der Waals surface area contributed by atoms with Crippen LogP contribution in [0.25, 0.3) is 0 Å². The average molecular weight is 472 g/mol. The van der Waals surface area contributed by atoms with Crippen molar-refractivity contribution in [2.45, 2.75) is 32.2 Å². The van der Waals surface area contributed by atoms with E-state index < -0.39 is 18.7 Å². The molecular formula is C23H25N3O6S. The van der Waals surface area contributed by atoms with Crippen LogP contribution in [0, 0.1) is 11.3 Å². The average Bonchev–Trinajstić information content (AvgIpc) is 3.17. The molecule has 0 fully saturated rings. The van der Waals surface area contributed by atoms with Gasteiger partial charge in [-0.3, -0.25) is 4.79 Å². The maximum Gasteiger partial charge on any atom is 0.410 e. The Hall–Kier alpha value is -3.58. The van der Waals surface area contributed by atoms with Crippen molar-refractivity contribution >= 4 is 34.3 Å². The van der Waals surface area contributed by atoms with Crippen LogP contribution in [0.4, 0.5) is 9.80 Å². The van der Waals surface area contributed by atoms with Crippen molar-refractivity contribution in [3.05, 3.63) is 45.8 Å². The Bertz CT molecular complexity index is 1090. The smallest absolute Gasteiger partial charge is 0.410 e. The Balaban J connectivity index is 1.66. The molecule has 1 aliphatic heterocycles. The summed E-state index contributed by atoms with van der Waals surface area (Å²) in [5.41, 5.74) is 2.24. The lowest BCUT2D eigenvalue weighted by atomic mass is 9.97. The number of hydrogen-bond acceptors (Lipinski definition) is 8. The van der Waals surface area contributed by atoms with Gasteiger partial charge in [-0.15, -0.1) is 11.3 Å². The van der Waals surface area contributed by atoms with Crippen molar-refractivity contribution in [1.29, 1.82) is 5.26 Å². The lowest BCUT2D eigenvalue weighted by Crippen LogP contribution is -2.36. The predicted molar refractivity (Wildman–Crippen MR) is 121 cm³/mol. The highest BCUT2D eigenvalue weighted by Crippen LogP contribution is 2.37. The van der Waals surface area contributed by atoms with Gasteiger partial charge in [-0.1, -0.05) is 19.1 Å². The van der Waals surface area contributed by atoms with Crippen LogP contribution in [-0.4, -0.2) is 50.2 Å². The lowest BCUT2D eigenvalue weighted by Gasteiger charge is -2.25. The van der Waals surface area contributed by atoms with Crippen LogP contribution in [0.2, 0.25) is 0 Å². The topological polar surface area (TPSA) is 118 Å². The Morgan fingerprint density at radius 2 is 2.09 bits per heavy atom. The van der Waals surface area contributed by atoms with Gasteiger partial charge in [0.25, 0.3) is 0 Å². The number of benzene rings is 1. The van der Waals surface area contributed by atoms with Gasteiger partial charge in [0.05, 0.1) is 26.3 Å². The fourth-order valence-electron chi connectivity index (χ4n) is 3.56. The molecule has 33 heavy (non-hydrogen) atoms. The highest BCUT2D eigenvalue weighted by Gasteiger charge is 2.28. The molecule has 1 aliphatic rings. The fourth-order valence-corrected chi connectivity index (χ4v) is 4.79. The van der Waals surface area contributed by atoms with Gasteiger partial charge in [-0.25, -0.2) is 9.59 Å². The second-order valence-electron chi connectivity index (χ2n) is 7.55. The van der Waals surface area contributed by atoms with Gasteiger partial charge in [0.15, 0.2) is 6.61 Å². The van der Waals surface area contributed by atoms with Gasteiger partial charge in [0.1, 0.15) is 16.8 Å². The van der Waals surface area contributed by atoms with Crippen molar-refractivity contribution < 1.29 is 28.6 Å². The Morgan fingerprint density at radius 1 is 1.30 bits per heavy atom. The van der Waals surface area contributed by atoms with Crippen LogP contribution in [0.15, 0.2) is 24.3 Å². The van der Waals surface area contributed by atoms with Crippen LogP contribution in [0.3, 0.4) is 0 Å². The van der Waals surface area contributed by atoms with E-state index in [0.29, 0.717) is 23.5 Å². The minimum Gasteiger partial charge on any atom is -0.497 e. The molecule has 1 aromatic heterocycles. The van der Waals surface area contributed by atoms with Crippen molar-refractivity contribution in [3.63, 3.8) is 0 Å². The molecule has 2 amide bonds. The highest BCUT2D eigenvalue weighted by molar-refractivity contribution is 7.16. The summed E-state index contributed by atoms with van der Waals surface area (Å²) in [5.74, 6) is -0.153. The number of nitrogens with one attached hydrogen (secondary N) is 1. The maximum atomic E-state index is 12.7. The first-order chi connectivity index (χ1) is 15.9. The molecule has 9 nitrogen and oxygen atoms in total. The molecule has 10 heteroatoms. The van der Waals surface area contributed by atoms with E-state index in [1.807, 2.05) is 31.2 Å². The number of thiophene rings is 1. The van der Waals surface area contributed by atoms with Crippen LogP contribution < -0.4 is 10.1 Å². The van der Waals surface area contributed by atoms with Gasteiger partial charge < -0.3 is 24.4 Å². The number of hydrogen-bond donors (Lipinski definition) is 1. The molecule has 174 valence electrons. The first-order valence-corrected chi connectivity index (χ1v) is 11.1. The zero-order valence-electron chi connectivity index (χ0n) is 18.7. The van der Waals surface area contributed by atoms with Gasteiger partial charge >= 0.3 is 12.1 Å². The Morgan fingerprint density at radius 3 is 2.79 bits per heavy atom. The first-order valence-electron chi connectivity index (χ1n) is 10.3. The number of nitriles is 1. The van der Waals surface area contributed by atoms with Crippen LogP contribution in [0.1, 0.15) is 40.8 Å². The second kappa shape index (κ2) is 10.8. The number of anilines is 1. The van der Waals surface area contributed by atoms with E-state index in [9.17, 15) is 19.6 Å². The third-order valence-electron chi connectivity index (χ3n) is 5.38. The van der Waals surface area contributed by atoms with E-state index in [2.05, 4.69) is 16.1 Å². The summed E-state index contributed by atoms with van der Waals surface area (Å²) in [5, 5.41) is 13.0. The summed E-state index contributed by atoms with van der Waals surface area (Å²) < 4.78 is 14.7. The van der Waals surface area contributed by atoms with E-state index in [1.54, 1.807) is 7.11 Å². The molecule has 0 radical (unpaired) electrons. The molecule has 2 aromatic rings. The normalized spacial score (nSPS) is 13.3. The minimum atomic E-state index is -0.642. The van der Waals surface area contributed by atoms with Crippen LogP contribution in [0.5, 0.6) is 5.75 Å². The molecule has 3 rings (SSSR count). The van der Waals surface area contributed by atoms with E-state index in [1.165, 1.54) is 23.3 Å². The molecule has 1 atom stereocenters. The van der Waals surface area contributed by atoms with Gasteiger partial charge in [0.2, 0.25) is 5.91 Å². The van der Waals surface area contributed by atoms with Crippen molar-refractivity contribution in [2.75, 3.05) is 32.7 Å². The predicted octanol–water partition coefficient (Wildman–Crippen LogP) is 3.43. The lowest BCUT2D eigenvalue weighted by molar-refractivity contribution is -0.144. The number of ether oxygens (including phenoxy) is 3. The number of fused-ring (bicyclic) bond motifs is 1. The Labute approximate surface area is 195 Å².